The molecule has 18 heavy (non-hydrogen) atoms. The van der Waals surface area contributed by atoms with Crippen molar-refractivity contribution in [1.29, 1.82) is 0 Å². The van der Waals surface area contributed by atoms with Crippen molar-refractivity contribution < 1.29 is 14.3 Å². The maximum atomic E-state index is 11.6. The molecule has 0 aromatic heterocycles. The average Bonchev–Trinajstić information content (AvgIpc) is 2.25. The number of carbonyl (C=O) groups excluding carboxylic acids is 2. The van der Waals surface area contributed by atoms with Gasteiger partial charge in [-0.1, -0.05) is 6.58 Å². The van der Waals surface area contributed by atoms with E-state index in [0.29, 0.717) is 6.54 Å². The molecule has 0 unspecified atom stereocenters. The molecule has 102 valence electrons. The van der Waals surface area contributed by atoms with Crippen LogP contribution in [0.5, 0.6) is 0 Å². The minimum atomic E-state index is -0.505. The number of rotatable bonds is 2. The van der Waals surface area contributed by atoms with Gasteiger partial charge in [0.2, 0.25) is 5.91 Å². The van der Waals surface area contributed by atoms with Gasteiger partial charge in [0.25, 0.3) is 0 Å². The Balaban J connectivity index is 2.45. The van der Waals surface area contributed by atoms with E-state index in [9.17, 15) is 9.59 Å². The highest BCUT2D eigenvalue weighted by Crippen LogP contribution is 2.12. The van der Waals surface area contributed by atoms with Crippen LogP contribution >= 0.6 is 0 Å². The third-order valence-electron chi connectivity index (χ3n) is 2.63. The van der Waals surface area contributed by atoms with Gasteiger partial charge in [0.15, 0.2) is 0 Å². The molecule has 5 nitrogen and oxygen atoms in total. The van der Waals surface area contributed by atoms with E-state index in [4.69, 9.17) is 4.74 Å². The SMILES string of the molecule is C=CC(=O)N1CCC[C@@H](NC(=O)OC(C)(C)C)C1. The van der Waals surface area contributed by atoms with Crippen molar-refractivity contribution >= 4 is 12.0 Å². The van der Waals surface area contributed by atoms with Gasteiger partial charge in [0.1, 0.15) is 5.60 Å². The molecule has 1 aliphatic heterocycles. The summed E-state index contributed by atoms with van der Waals surface area (Å²) < 4.78 is 5.19. The van der Waals surface area contributed by atoms with Crippen molar-refractivity contribution in [3.63, 3.8) is 0 Å². The summed E-state index contributed by atoms with van der Waals surface area (Å²) in [5.41, 5.74) is -0.505. The summed E-state index contributed by atoms with van der Waals surface area (Å²) in [6.45, 7) is 10.2. The van der Waals surface area contributed by atoms with Crippen LogP contribution in [0.15, 0.2) is 12.7 Å². The van der Waals surface area contributed by atoms with Gasteiger partial charge >= 0.3 is 6.09 Å². The number of piperidine rings is 1. The van der Waals surface area contributed by atoms with E-state index < -0.39 is 11.7 Å². The molecule has 5 heteroatoms. The Bertz CT molecular complexity index is 334. The predicted octanol–water partition coefficient (Wildman–Crippen LogP) is 1.69. The molecule has 0 radical (unpaired) electrons. The second kappa shape index (κ2) is 5.89. The first-order valence-corrected chi connectivity index (χ1v) is 6.22. The summed E-state index contributed by atoms with van der Waals surface area (Å²) in [4.78, 5) is 24.8. The quantitative estimate of drug-likeness (QED) is 0.763. The first kappa shape index (κ1) is 14.5. The summed E-state index contributed by atoms with van der Waals surface area (Å²) in [6.07, 6.45) is 2.61. The van der Waals surface area contributed by atoms with Crippen LogP contribution < -0.4 is 5.32 Å². The second-order valence-corrected chi connectivity index (χ2v) is 5.47. The minimum Gasteiger partial charge on any atom is -0.444 e. The Morgan fingerprint density at radius 3 is 2.67 bits per heavy atom. The molecular weight excluding hydrogens is 232 g/mol. The average molecular weight is 254 g/mol. The molecule has 0 spiro atoms. The maximum Gasteiger partial charge on any atom is 0.407 e. The number of nitrogens with zero attached hydrogens (tertiary/aromatic N) is 1. The molecule has 1 rings (SSSR count). The lowest BCUT2D eigenvalue weighted by Gasteiger charge is -2.33. The first-order valence-electron chi connectivity index (χ1n) is 6.22. The van der Waals surface area contributed by atoms with E-state index in [1.165, 1.54) is 6.08 Å². The molecule has 2 amide bonds. The third-order valence-corrected chi connectivity index (χ3v) is 2.63. The Kier molecular flexibility index (Phi) is 4.76. The zero-order valence-electron chi connectivity index (χ0n) is 11.4. The number of amides is 2. The molecule has 1 fully saturated rings. The molecule has 1 atom stereocenters. The van der Waals surface area contributed by atoms with E-state index in [0.717, 1.165) is 19.4 Å². The first-order chi connectivity index (χ1) is 8.31. The fourth-order valence-corrected chi connectivity index (χ4v) is 1.90. The van der Waals surface area contributed by atoms with Gasteiger partial charge < -0.3 is 15.0 Å². The molecule has 1 saturated heterocycles. The number of nitrogens with one attached hydrogen (secondary N) is 1. The Morgan fingerprint density at radius 2 is 2.11 bits per heavy atom. The highest BCUT2D eigenvalue weighted by molar-refractivity contribution is 5.87. The maximum absolute atomic E-state index is 11.6. The van der Waals surface area contributed by atoms with Crippen molar-refractivity contribution in [3.8, 4) is 0 Å². The number of alkyl carbamates (subject to hydrolysis) is 1. The Morgan fingerprint density at radius 1 is 1.44 bits per heavy atom. The lowest BCUT2D eigenvalue weighted by atomic mass is 10.1. The molecule has 0 saturated carbocycles. The van der Waals surface area contributed by atoms with Gasteiger partial charge in [-0.05, 0) is 39.7 Å². The highest BCUT2D eigenvalue weighted by Gasteiger charge is 2.25. The van der Waals surface area contributed by atoms with Crippen LogP contribution in [-0.4, -0.2) is 41.6 Å². The fraction of sp³-hybridized carbons (Fsp3) is 0.692. The van der Waals surface area contributed by atoms with Crippen molar-refractivity contribution in [2.45, 2.75) is 45.3 Å². The smallest absolute Gasteiger partial charge is 0.407 e. The third kappa shape index (κ3) is 4.77. The van der Waals surface area contributed by atoms with Gasteiger partial charge in [-0.25, -0.2) is 4.79 Å². The van der Waals surface area contributed by atoms with Crippen molar-refractivity contribution in [2.24, 2.45) is 0 Å². The van der Waals surface area contributed by atoms with Gasteiger partial charge in [-0.15, -0.1) is 0 Å². The summed E-state index contributed by atoms with van der Waals surface area (Å²) in [6, 6.07) is -0.0440. The zero-order valence-corrected chi connectivity index (χ0v) is 11.4. The fourth-order valence-electron chi connectivity index (χ4n) is 1.90. The molecule has 0 aliphatic carbocycles. The van der Waals surface area contributed by atoms with E-state index in [1.54, 1.807) is 4.90 Å². The monoisotopic (exact) mass is 254 g/mol. The molecule has 1 aliphatic rings. The summed E-state index contributed by atoms with van der Waals surface area (Å²) in [7, 11) is 0. The highest BCUT2D eigenvalue weighted by atomic mass is 16.6. The van der Waals surface area contributed by atoms with Crippen LogP contribution in [0.25, 0.3) is 0 Å². The van der Waals surface area contributed by atoms with Crippen molar-refractivity contribution in [3.05, 3.63) is 12.7 Å². The largest absolute Gasteiger partial charge is 0.444 e. The Labute approximate surface area is 108 Å². The number of likely N-dealkylation sites (tertiary alicyclic amines) is 1. The number of hydrogen-bond donors (Lipinski definition) is 1. The number of hydrogen-bond acceptors (Lipinski definition) is 3. The lowest BCUT2D eigenvalue weighted by molar-refractivity contribution is -0.127. The molecule has 0 bridgehead atoms. The van der Waals surface area contributed by atoms with Crippen LogP contribution in [0.1, 0.15) is 33.6 Å². The summed E-state index contributed by atoms with van der Waals surface area (Å²) >= 11 is 0. The zero-order chi connectivity index (χ0) is 13.8. The molecule has 1 N–H and O–H groups in total. The van der Waals surface area contributed by atoms with Crippen LogP contribution in [0, 0.1) is 0 Å². The van der Waals surface area contributed by atoms with Crippen molar-refractivity contribution in [1.82, 2.24) is 10.2 Å². The minimum absolute atomic E-state index is 0.0440. The summed E-state index contributed by atoms with van der Waals surface area (Å²) in [5.74, 6) is -0.0920. The van der Waals surface area contributed by atoms with E-state index in [-0.39, 0.29) is 11.9 Å². The predicted molar refractivity (Wildman–Crippen MR) is 69.2 cm³/mol. The van der Waals surface area contributed by atoms with E-state index >= 15 is 0 Å². The Hall–Kier alpha value is -1.52. The number of ether oxygens (including phenoxy) is 1. The topological polar surface area (TPSA) is 58.6 Å². The van der Waals surface area contributed by atoms with Gasteiger partial charge in [-0.2, -0.15) is 0 Å². The molecular formula is C13H22N2O3. The van der Waals surface area contributed by atoms with Crippen LogP contribution in [0.4, 0.5) is 4.79 Å². The molecule has 0 aromatic rings. The van der Waals surface area contributed by atoms with Gasteiger partial charge in [-0.3, -0.25) is 4.79 Å². The van der Waals surface area contributed by atoms with Crippen LogP contribution in [0.2, 0.25) is 0 Å². The van der Waals surface area contributed by atoms with Gasteiger partial charge in [0.05, 0.1) is 0 Å². The normalized spacial score (nSPS) is 20.2. The van der Waals surface area contributed by atoms with Gasteiger partial charge in [0, 0.05) is 19.1 Å². The van der Waals surface area contributed by atoms with Crippen molar-refractivity contribution in [2.75, 3.05) is 13.1 Å². The number of carbonyl (C=O) groups is 2. The lowest BCUT2D eigenvalue weighted by Crippen LogP contribution is -2.50. The summed E-state index contributed by atoms with van der Waals surface area (Å²) in [5, 5.41) is 2.80. The molecule has 0 aromatic carbocycles. The molecule has 1 heterocycles. The van der Waals surface area contributed by atoms with Crippen LogP contribution in [-0.2, 0) is 9.53 Å². The van der Waals surface area contributed by atoms with E-state index in [2.05, 4.69) is 11.9 Å². The second-order valence-electron chi connectivity index (χ2n) is 5.47. The van der Waals surface area contributed by atoms with E-state index in [1.807, 2.05) is 20.8 Å². The standard InChI is InChI=1S/C13H22N2O3/c1-5-11(16)15-8-6-7-10(9-15)14-12(17)18-13(2,3)4/h5,10H,1,6-9H2,2-4H3,(H,14,17)/t10-/m1/s1. The van der Waals surface area contributed by atoms with Crippen LogP contribution in [0.3, 0.4) is 0 Å².